The highest BCUT2D eigenvalue weighted by atomic mass is 16.5. The summed E-state index contributed by atoms with van der Waals surface area (Å²) >= 11 is 0. The van der Waals surface area contributed by atoms with E-state index in [9.17, 15) is 14.7 Å². The molecule has 2 N–H and O–H groups in total. The number of ether oxygens (including phenoxy) is 2. The van der Waals surface area contributed by atoms with Gasteiger partial charge in [-0.15, -0.1) is 0 Å². The zero-order valence-corrected chi connectivity index (χ0v) is 18.6. The van der Waals surface area contributed by atoms with Crippen molar-refractivity contribution in [1.82, 2.24) is 9.88 Å². The first-order valence-electron chi connectivity index (χ1n) is 11.2. The maximum Gasteiger partial charge on any atom is 0.295 e. The number of aromatic nitrogens is 1. The third kappa shape index (κ3) is 3.68. The van der Waals surface area contributed by atoms with Gasteiger partial charge in [-0.3, -0.25) is 9.59 Å². The van der Waals surface area contributed by atoms with Crippen LogP contribution in [-0.2, 0) is 20.7 Å². The average molecular weight is 447 g/mol. The Balaban J connectivity index is 1.63. The molecule has 3 aromatic rings. The minimum atomic E-state index is -0.721. The van der Waals surface area contributed by atoms with Gasteiger partial charge in [0.25, 0.3) is 11.7 Å². The molecule has 1 atom stereocenters. The number of ketones is 1. The van der Waals surface area contributed by atoms with Gasteiger partial charge in [0.2, 0.25) is 0 Å². The molecule has 0 radical (unpaired) electrons. The van der Waals surface area contributed by atoms with Crippen LogP contribution in [0.3, 0.4) is 0 Å². The number of aliphatic hydroxyl groups is 1. The van der Waals surface area contributed by atoms with Crippen molar-refractivity contribution in [2.45, 2.75) is 32.4 Å². The number of likely N-dealkylation sites (tertiary alicyclic amines) is 1. The molecule has 1 saturated heterocycles. The summed E-state index contributed by atoms with van der Waals surface area (Å²) in [7, 11) is 0. The highest BCUT2D eigenvalue weighted by Gasteiger charge is 2.46. The van der Waals surface area contributed by atoms with E-state index in [4.69, 9.17) is 9.47 Å². The quantitative estimate of drug-likeness (QED) is 0.340. The fourth-order valence-corrected chi connectivity index (χ4v) is 4.63. The van der Waals surface area contributed by atoms with Gasteiger partial charge in [0.1, 0.15) is 11.5 Å². The molecule has 0 aliphatic carbocycles. The highest BCUT2D eigenvalue weighted by molar-refractivity contribution is 6.46. The van der Waals surface area contributed by atoms with E-state index in [0.717, 1.165) is 34.2 Å². The van der Waals surface area contributed by atoms with Gasteiger partial charge in [-0.05, 0) is 43.7 Å². The van der Waals surface area contributed by atoms with Crippen molar-refractivity contribution >= 4 is 28.4 Å². The monoisotopic (exact) mass is 446 g/mol. The Labute approximate surface area is 191 Å². The lowest BCUT2D eigenvalue weighted by Crippen LogP contribution is -2.33. The molecule has 33 heavy (non-hydrogen) atoms. The fraction of sp³-hybridized carbons (Fsp3) is 0.308. The number of para-hydroxylation sites is 1. The summed E-state index contributed by atoms with van der Waals surface area (Å²) in [5, 5.41) is 12.2. The molecule has 5 rings (SSSR count). The lowest BCUT2D eigenvalue weighted by molar-refractivity contribution is -0.140. The molecule has 7 nitrogen and oxygen atoms in total. The minimum absolute atomic E-state index is 0.00185. The van der Waals surface area contributed by atoms with Crippen molar-refractivity contribution in [2.75, 3.05) is 19.8 Å². The Hall–Kier alpha value is -3.58. The number of benzene rings is 2. The number of aromatic amines is 1. The molecule has 0 saturated carbocycles. The summed E-state index contributed by atoms with van der Waals surface area (Å²) in [5.74, 6) is -0.718. The van der Waals surface area contributed by atoms with E-state index in [1.54, 1.807) is 18.3 Å². The maximum absolute atomic E-state index is 13.2. The molecule has 1 amide bonds. The molecule has 1 aromatic heterocycles. The number of carbonyl (C=O) groups is 2. The molecule has 2 aliphatic rings. The average Bonchev–Trinajstić information content (AvgIpc) is 3.50. The van der Waals surface area contributed by atoms with E-state index in [2.05, 4.69) is 4.98 Å². The molecule has 170 valence electrons. The van der Waals surface area contributed by atoms with E-state index in [1.807, 2.05) is 44.2 Å². The number of hydrogen-bond acceptors (Lipinski definition) is 5. The van der Waals surface area contributed by atoms with E-state index in [-0.39, 0.29) is 24.0 Å². The fourth-order valence-electron chi connectivity index (χ4n) is 4.63. The zero-order valence-electron chi connectivity index (χ0n) is 18.6. The number of rotatable bonds is 6. The number of nitrogens with one attached hydrogen (secondary N) is 1. The van der Waals surface area contributed by atoms with Gasteiger partial charge in [-0.1, -0.05) is 18.2 Å². The van der Waals surface area contributed by atoms with Crippen molar-refractivity contribution in [1.29, 1.82) is 0 Å². The number of Topliss-reactive ketones (excluding diaryl/α,β-unsaturated/α-hetero) is 1. The number of amides is 1. The molecule has 7 heteroatoms. The molecule has 1 fully saturated rings. The summed E-state index contributed by atoms with van der Waals surface area (Å²) in [6.07, 6.45) is 2.55. The second kappa shape index (κ2) is 8.41. The first-order valence-corrected chi connectivity index (χ1v) is 11.2. The summed E-state index contributed by atoms with van der Waals surface area (Å²) in [6, 6.07) is 12.3. The first kappa shape index (κ1) is 21.3. The SMILES string of the molecule is CC(C)OCCN1C(=O)C(=O)/C(=C(/O)c2ccc3c(c2)CCO3)C1c1c[nH]c2ccccc12. The van der Waals surface area contributed by atoms with E-state index in [1.165, 1.54) is 4.90 Å². The molecule has 0 bridgehead atoms. The van der Waals surface area contributed by atoms with Crippen molar-refractivity contribution in [3.05, 3.63) is 70.9 Å². The summed E-state index contributed by atoms with van der Waals surface area (Å²) in [6.45, 7) is 4.96. The Morgan fingerprint density at radius 2 is 2.06 bits per heavy atom. The van der Waals surface area contributed by atoms with Crippen molar-refractivity contribution < 1.29 is 24.2 Å². The Bertz CT molecular complexity index is 1270. The van der Waals surface area contributed by atoms with Crippen LogP contribution in [-0.4, -0.2) is 52.5 Å². The van der Waals surface area contributed by atoms with Crippen LogP contribution < -0.4 is 4.74 Å². The topological polar surface area (TPSA) is 91.9 Å². The van der Waals surface area contributed by atoms with Crippen molar-refractivity contribution in [2.24, 2.45) is 0 Å². The van der Waals surface area contributed by atoms with Crippen LogP contribution in [0.2, 0.25) is 0 Å². The van der Waals surface area contributed by atoms with Crippen LogP contribution in [0.4, 0.5) is 0 Å². The largest absolute Gasteiger partial charge is 0.507 e. The standard InChI is InChI=1S/C26H26N2O5/c1-15(2)32-12-10-28-23(19-14-27-20-6-4-3-5-18(19)20)22(25(30)26(28)31)24(29)17-7-8-21-16(13-17)9-11-33-21/h3-8,13-15,23,27,29H,9-12H2,1-2H3/b24-22+. The third-order valence-electron chi connectivity index (χ3n) is 6.20. The molecular formula is C26H26N2O5. The van der Waals surface area contributed by atoms with Crippen molar-refractivity contribution in [3.63, 3.8) is 0 Å². The highest BCUT2D eigenvalue weighted by Crippen LogP contribution is 2.42. The predicted octanol–water partition coefficient (Wildman–Crippen LogP) is 3.95. The van der Waals surface area contributed by atoms with Gasteiger partial charge in [0.15, 0.2) is 0 Å². The molecule has 0 spiro atoms. The Kier molecular flexibility index (Phi) is 5.42. The molecular weight excluding hydrogens is 420 g/mol. The lowest BCUT2D eigenvalue weighted by atomic mass is 9.94. The van der Waals surface area contributed by atoms with Gasteiger partial charge in [0.05, 0.1) is 30.9 Å². The zero-order chi connectivity index (χ0) is 23.1. The summed E-state index contributed by atoms with van der Waals surface area (Å²) in [5.41, 5.74) is 3.22. The second-order valence-corrected chi connectivity index (χ2v) is 8.62. The van der Waals surface area contributed by atoms with Crippen LogP contribution in [0.1, 0.15) is 36.6 Å². The van der Waals surface area contributed by atoms with Crippen molar-refractivity contribution in [3.8, 4) is 5.75 Å². The number of nitrogens with zero attached hydrogens (tertiary/aromatic N) is 1. The van der Waals surface area contributed by atoms with Gasteiger partial charge >= 0.3 is 0 Å². The molecule has 1 unspecified atom stereocenters. The Morgan fingerprint density at radius 3 is 2.88 bits per heavy atom. The number of aliphatic hydroxyl groups excluding tert-OH is 1. The summed E-state index contributed by atoms with van der Waals surface area (Å²) < 4.78 is 11.2. The van der Waals surface area contributed by atoms with E-state index < -0.39 is 17.7 Å². The van der Waals surface area contributed by atoms with E-state index >= 15 is 0 Å². The van der Waals surface area contributed by atoms with Gasteiger partial charge in [0, 0.05) is 41.2 Å². The van der Waals surface area contributed by atoms with Crippen LogP contribution >= 0.6 is 0 Å². The molecule has 2 aromatic carbocycles. The van der Waals surface area contributed by atoms with Gasteiger partial charge in [-0.2, -0.15) is 0 Å². The minimum Gasteiger partial charge on any atom is -0.507 e. The summed E-state index contributed by atoms with van der Waals surface area (Å²) in [4.78, 5) is 31.0. The number of hydrogen-bond donors (Lipinski definition) is 2. The lowest BCUT2D eigenvalue weighted by Gasteiger charge is -2.25. The third-order valence-corrected chi connectivity index (χ3v) is 6.20. The second-order valence-electron chi connectivity index (χ2n) is 8.62. The number of fused-ring (bicyclic) bond motifs is 2. The van der Waals surface area contributed by atoms with Crippen LogP contribution in [0, 0.1) is 0 Å². The first-order chi connectivity index (χ1) is 16.0. The van der Waals surface area contributed by atoms with E-state index in [0.29, 0.717) is 18.8 Å². The smallest absolute Gasteiger partial charge is 0.295 e. The predicted molar refractivity (Wildman–Crippen MR) is 124 cm³/mol. The normalized spacial score (nSPS) is 19.5. The van der Waals surface area contributed by atoms with Gasteiger partial charge in [-0.25, -0.2) is 0 Å². The molecule has 2 aliphatic heterocycles. The van der Waals surface area contributed by atoms with Gasteiger partial charge < -0.3 is 24.5 Å². The van der Waals surface area contributed by atoms with Crippen LogP contribution in [0.5, 0.6) is 5.75 Å². The maximum atomic E-state index is 13.2. The molecule has 3 heterocycles. The number of carbonyl (C=O) groups excluding carboxylic acids is 2. The van der Waals surface area contributed by atoms with Crippen LogP contribution in [0.25, 0.3) is 16.7 Å². The van der Waals surface area contributed by atoms with Crippen LogP contribution in [0.15, 0.2) is 54.2 Å². The number of H-pyrrole nitrogens is 1. The Morgan fingerprint density at radius 1 is 1.24 bits per heavy atom.